The second-order valence-electron chi connectivity index (χ2n) is 5.33. The first kappa shape index (κ1) is 18.1. The van der Waals surface area contributed by atoms with Crippen molar-refractivity contribution < 1.29 is 13.2 Å². The molecule has 7 heteroatoms. The van der Waals surface area contributed by atoms with Gasteiger partial charge in [0.15, 0.2) is 0 Å². The molecule has 0 spiro atoms. The molecule has 1 unspecified atom stereocenters. The smallest absolute Gasteiger partial charge is 0.253 e. The Balaban J connectivity index is 3.20. The van der Waals surface area contributed by atoms with Crippen molar-refractivity contribution in [2.45, 2.75) is 32.1 Å². The Bertz CT molecular complexity index is 644. The molecule has 1 rings (SSSR count). The number of carbonyl (C=O) groups is 1. The summed E-state index contributed by atoms with van der Waals surface area (Å²) in [4.78, 5) is 14.0. The highest BCUT2D eigenvalue weighted by Gasteiger charge is 2.20. The van der Waals surface area contributed by atoms with E-state index in [2.05, 4.69) is 29.8 Å². The van der Waals surface area contributed by atoms with Crippen LogP contribution >= 0.6 is 15.9 Å². The first-order chi connectivity index (χ1) is 9.57. The third-order valence-electron chi connectivity index (χ3n) is 3.48. The average Bonchev–Trinajstić information content (AvgIpc) is 2.39. The monoisotopic (exact) mass is 376 g/mol. The molecule has 0 aromatic heterocycles. The lowest BCUT2D eigenvalue weighted by Crippen LogP contribution is -2.31. The van der Waals surface area contributed by atoms with E-state index < -0.39 is 10.0 Å². The van der Waals surface area contributed by atoms with E-state index in [9.17, 15) is 13.2 Å². The number of amides is 1. The average molecular weight is 377 g/mol. The van der Waals surface area contributed by atoms with Crippen LogP contribution in [-0.4, -0.2) is 32.8 Å². The fourth-order valence-corrected chi connectivity index (χ4v) is 3.39. The maximum absolute atomic E-state index is 12.4. The van der Waals surface area contributed by atoms with E-state index >= 15 is 0 Å². The van der Waals surface area contributed by atoms with Crippen molar-refractivity contribution in [3.63, 3.8) is 0 Å². The van der Waals surface area contributed by atoms with E-state index in [0.29, 0.717) is 28.1 Å². The normalized spacial score (nSPS) is 13.0. The summed E-state index contributed by atoms with van der Waals surface area (Å²) < 4.78 is 23.8. The van der Waals surface area contributed by atoms with Crippen LogP contribution in [0.15, 0.2) is 21.5 Å². The van der Waals surface area contributed by atoms with E-state index in [4.69, 9.17) is 5.14 Å². The first-order valence-corrected chi connectivity index (χ1v) is 9.00. The number of hydrogen-bond acceptors (Lipinski definition) is 3. The van der Waals surface area contributed by atoms with Crippen LogP contribution in [0.25, 0.3) is 0 Å². The van der Waals surface area contributed by atoms with E-state index in [1.807, 2.05) is 0 Å². The van der Waals surface area contributed by atoms with E-state index in [0.717, 1.165) is 6.42 Å². The van der Waals surface area contributed by atoms with Gasteiger partial charge in [-0.2, -0.15) is 0 Å². The van der Waals surface area contributed by atoms with Gasteiger partial charge in [0.1, 0.15) is 0 Å². The van der Waals surface area contributed by atoms with Gasteiger partial charge in [0.2, 0.25) is 10.0 Å². The van der Waals surface area contributed by atoms with Gasteiger partial charge in [0, 0.05) is 23.6 Å². The van der Waals surface area contributed by atoms with Gasteiger partial charge in [0.25, 0.3) is 5.91 Å². The molecule has 0 aliphatic carbocycles. The molecule has 1 aromatic carbocycles. The summed E-state index contributed by atoms with van der Waals surface area (Å²) in [5.41, 5.74) is 0.806. The molecular formula is C14H21BrN2O3S. The minimum Gasteiger partial charge on any atom is -0.341 e. The van der Waals surface area contributed by atoms with Crippen LogP contribution in [0.1, 0.15) is 36.2 Å². The zero-order valence-electron chi connectivity index (χ0n) is 12.7. The Kier molecular flexibility index (Phi) is 5.95. The Labute approximate surface area is 134 Å². The van der Waals surface area contributed by atoms with Crippen molar-refractivity contribution in [2.24, 2.45) is 11.1 Å². The molecule has 0 saturated carbocycles. The molecule has 21 heavy (non-hydrogen) atoms. The molecule has 1 aromatic rings. The fraction of sp³-hybridized carbons (Fsp3) is 0.500. The Morgan fingerprint density at radius 3 is 2.48 bits per heavy atom. The van der Waals surface area contributed by atoms with Gasteiger partial charge >= 0.3 is 0 Å². The fourth-order valence-electron chi connectivity index (χ4n) is 1.97. The number of rotatable bonds is 5. The van der Waals surface area contributed by atoms with Gasteiger partial charge in [0.05, 0.1) is 4.90 Å². The minimum atomic E-state index is -3.87. The number of carbonyl (C=O) groups excluding carboxylic acids is 1. The number of hydrogen-bond donors (Lipinski definition) is 1. The maximum atomic E-state index is 12.4. The van der Waals surface area contributed by atoms with Crippen LogP contribution < -0.4 is 5.14 Å². The molecular weight excluding hydrogens is 356 g/mol. The SMILES string of the molecule is CCC(C)CN(C)C(=O)c1cc(Br)c(C)c(S(N)(=O)=O)c1. The second kappa shape index (κ2) is 6.89. The molecule has 0 aliphatic rings. The van der Waals surface area contributed by atoms with Crippen LogP contribution in [0.3, 0.4) is 0 Å². The lowest BCUT2D eigenvalue weighted by molar-refractivity contribution is 0.0774. The lowest BCUT2D eigenvalue weighted by Gasteiger charge is -2.21. The second-order valence-corrected chi connectivity index (χ2v) is 7.71. The van der Waals surface area contributed by atoms with Gasteiger partial charge in [-0.15, -0.1) is 0 Å². The van der Waals surface area contributed by atoms with Crippen LogP contribution in [-0.2, 0) is 10.0 Å². The molecule has 0 radical (unpaired) electrons. The molecule has 2 N–H and O–H groups in total. The van der Waals surface area contributed by atoms with Gasteiger partial charge in [-0.1, -0.05) is 36.2 Å². The summed E-state index contributed by atoms with van der Waals surface area (Å²) in [6, 6.07) is 2.96. The molecule has 5 nitrogen and oxygen atoms in total. The summed E-state index contributed by atoms with van der Waals surface area (Å²) in [5.74, 6) is 0.159. The van der Waals surface area contributed by atoms with Crippen molar-refractivity contribution in [1.29, 1.82) is 0 Å². The summed E-state index contributed by atoms with van der Waals surface area (Å²) >= 11 is 3.28. The topological polar surface area (TPSA) is 80.5 Å². The lowest BCUT2D eigenvalue weighted by atomic mass is 10.1. The zero-order chi connectivity index (χ0) is 16.4. The maximum Gasteiger partial charge on any atom is 0.253 e. The molecule has 1 atom stereocenters. The molecule has 0 fully saturated rings. The van der Waals surface area contributed by atoms with Gasteiger partial charge < -0.3 is 4.90 Å². The number of nitrogens with zero attached hydrogens (tertiary/aromatic N) is 1. The number of benzene rings is 1. The number of sulfonamides is 1. The molecule has 0 aliphatic heterocycles. The van der Waals surface area contributed by atoms with Crippen molar-refractivity contribution >= 4 is 31.9 Å². The van der Waals surface area contributed by atoms with Crippen molar-refractivity contribution in [1.82, 2.24) is 4.90 Å². The first-order valence-electron chi connectivity index (χ1n) is 6.66. The quantitative estimate of drug-likeness (QED) is 0.856. The standard InChI is InChI=1S/C14H21BrN2O3S/c1-5-9(2)8-17(4)14(18)11-6-12(15)10(3)13(7-11)21(16,19)20/h6-7,9H,5,8H2,1-4H3,(H2,16,19,20). The molecule has 0 saturated heterocycles. The third kappa shape index (κ3) is 4.52. The number of nitrogens with two attached hydrogens (primary N) is 1. The summed E-state index contributed by atoms with van der Waals surface area (Å²) in [5, 5.41) is 5.20. The predicted molar refractivity (Wildman–Crippen MR) is 86.7 cm³/mol. The van der Waals surface area contributed by atoms with Crippen LogP contribution in [0.5, 0.6) is 0 Å². The molecule has 118 valence electrons. The number of primary sulfonamides is 1. The summed E-state index contributed by atoms with van der Waals surface area (Å²) in [6.07, 6.45) is 0.970. The summed E-state index contributed by atoms with van der Waals surface area (Å²) in [7, 11) is -2.16. The highest BCUT2D eigenvalue weighted by molar-refractivity contribution is 9.10. The molecule has 0 heterocycles. The van der Waals surface area contributed by atoms with Gasteiger partial charge in [-0.25, -0.2) is 13.6 Å². The Hall–Kier alpha value is -0.920. The Morgan fingerprint density at radius 1 is 1.43 bits per heavy atom. The van der Waals surface area contributed by atoms with Gasteiger partial charge in [-0.05, 0) is 30.5 Å². The highest BCUT2D eigenvalue weighted by atomic mass is 79.9. The van der Waals surface area contributed by atoms with Crippen LogP contribution in [0.4, 0.5) is 0 Å². The van der Waals surface area contributed by atoms with Crippen LogP contribution in [0, 0.1) is 12.8 Å². The van der Waals surface area contributed by atoms with Gasteiger partial charge in [-0.3, -0.25) is 4.79 Å². The molecule has 1 amide bonds. The van der Waals surface area contributed by atoms with E-state index in [1.54, 1.807) is 24.9 Å². The molecule has 0 bridgehead atoms. The minimum absolute atomic E-state index is 0.0304. The van der Waals surface area contributed by atoms with Crippen molar-refractivity contribution in [2.75, 3.05) is 13.6 Å². The van der Waals surface area contributed by atoms with Crippen molar-refractivity contribution in [3.8, 4) is 0 Å². The van der Waals surface area contributed by atoms with E-state index in [-0.39, 0.29) is 10.8 Å². The van der Waals surface area contributed by atoms with E-state index in [1.165, 1.54) is 6.07 Å². The number of halogens is 1. The third-order valence-corrected chi connectivity index (χ3v) is 5.34. The largest absolute Gasteiger partial charge is 0.341 e. The highest BCUT2D eigenvalue weighted by Crippen LogP contribution is 2.25. The zero-order valence-corrected chi connectivity index (χ0v) is 15.1. The van der Waals surface area contributed by atoms with Crippen LogP contribution in [0.2, 0.25) is 0 Å². The van der Waals surface area contributed by atoms with Crippen molar-refractivity contribution in [3.05, 3.63) is 27.7 Å². The Morgan fingerprint density at radius 2 is 2.00 bits per heavy atom. The predicted octanol–water partition coefficient (Wildman–Crippen LogP) is 2.52. The summed E-state index contributed by atoms with van der Waals surface area (Å²) in [6.45, 7) is 6.38.